The summed E-state index contributed by atoms with van der Waals surface area (Å²) in [6, 6.07) is 7.68. The van der Waals surface area contributed by atoms with Gasteiger partial charge >= 0.3 is 0 Å². The van der Waals surface area contributed by atoms with E-state index in [1.807, 2.05) is 38.1 Å². The lowest BCUT2D eigenvalue weighted by atomic mass is 9.83. The Hall–Kier alpha value is -1.31. The second kappa shape index (κ2) is 4.99. The average molecular weight is 258 g/mol. The van der Waals surface area contributed by atoms with Crippen LogP contribution in [0.3, 0.4) is 0 Å². The predicted molar refractivity (Wildman–Crippen MR) is 75.5 cm³/mol. The van der Waals surface area contributed by atoms with Crippen LogP contribution in [0.5, 0.6) is 5.75 Å². The van der Waals surface area contributed by atoms with Crippen molar-refractivity contribution in [1.82, 2.24) is 0 Å². The van der Waals surface area contributed by atoms with E-state index in [1.165, 1.54) is 19.3 Å². The van der Waals surface area contributed by atoms with Gasteiger partial charge in [0.2, 0.25) is 0 Å². The van der Waals surface area contributed by atoms with Crippen molar-refractivity contribution >= 4 is 5.78 Å². The smallest absolute Gasteiger partial charge is 0.166 e. The summed E-state index contributed by atoms with van der Waals surface area (Å²) in [7, 11) is 0. The standard InChI is InChI=1S/C17H22O2/c1-11(2)19-15-7-5-13(6-8-15)17(18)16-10-12-3-4-14(16)9-12/h5-8,11-12,14,16H,3-4,9-10H2,1-2H3. The average Bonchev–Trinajstić information content (AvgIpc) is 3.00. The van der Waals surface area contributed by atoms with E-state index in [0.717, 1.165) is 23.7 Å². The van der Waals surface area contributed by atoms with Gasteiger partial charge < -0.3 is 4.74 Å². The van der Waals surface area contributed by atoms with Crippen LogP contribution in [0, 0.1) is 17.8 Å². The molecular weight excluding hydrogens is 236 g/mol. The summed E-state index contributed by atoms with van der Waals surface area (Å²) >= 11 is 0. The van der Waals surface area contributed by atoms with Gasteiger partial charge in [-0.15, -0.1) is 0 Å². The molecule has 0 radical (unpaired) electrons. The second-order valence-corrected chi connectivity index (χ2v) is 6.34. The molecule has 2 heteroatoms. The van der Waals surface area contributed by atoms with Crippen LogP contribution in [-0.4, -0.2) is 11.9 Å². The fraction of sp³-hybridized carbons (Fsp3) is 0.588. The number of fused-ring (bicyclic) bond motifs is 2. The highest BCUT2D eigenvalue weighted by Crippen LogP contribution is 2.49. The van der Waals surface area contributed by atoms with Crippen LogP contribution in [0.2, 0.25) is 0 Å². The summed E-state index contributed by atoms with van der Waals surface area (Å²) in [5.74, 6) is 2.96. The van der Waals surface area contributed by atoms with Crippen LogP contribution in [0.1, 0.15) is 49.9 Å². The Morgan fingerprint density at radius 3 is 2.42 bits per heavy atom. The molecule has 0 heterocycles. The van der Waals surface area contributed by atoms with Gasteiger partial charge in [0.15, 0.2) is 5.78 Å². The maximum atomic E-state index is 12.5. The molecule has 2 fully saturated rings. The van der Waals surface area contributed by atoms with Crippen molar-refractivity contribution in [3.05, 3.63) is 29.8 Å². The van der Waals surface area contributed by atoms with Crippen molar-refractivity contribution in [3.63, 3.8) is 0 Å². The van der Waals surface area contributed by atoms with Crippen LogP contribution < -0.4 is 4.74 Å². The Kier molecular flexibility index (Phi) is 3.34. The summed E-state index contributed by atoms with van der Waals surface area (Å²) in [6.07, 6.45) is 5.18. The number of benzene rings is 1. The molecule has 19 heavy (non-hydrogen) atoms. The zero-order chi connectivity index (χ0) is 13.4. The van der Waals surface area contributed by atoms with Gasteiger partial charge in [0, 0.05) is 11.5 Å². The molecule has 1 aromatic carbocycles. The molecule has 3 rings (SSSR count). The van der Waals surface area contributed by atoms with E-state index >= 15 is 0 Å². The Morgan fingerprint density at radius 2 is 1.89 bits per heavy atom. The molecule has 0 aromatic heterocycles. The largest absolute Gasteiger partial charge is 0.491 e. The first-order valence-corrected chi connectivity index (χ1v) is 7.44. The molecular formula is C17H22O2. The molecule has 102 valence electrons. The fourth-order valence-corrected chi connectivity index (χ4v) is 3.75. The lowest BCUT2D eigenvalue weighted by molar-refractivity contribution is 0.0874. The first-order chi connectivity index (χ1) is 9.13. The summed E-state index contributed by atoms with van der Waals surface area (Å²) < 4.78 is 5.61. The summed E-state index contributed by atoms with van der Waals surface area (Å²) in [5.41, 5.74) is 0.855. The van der Waals surface area contributed by atoms with Gasteiger partial charge in [0.05, 0.1) is 6.10 Å². The van der Waals surface area contributed by atoms with E-state index in [4.69, 9.17) is 4.74 Å². The minimum absolute atomic E-state index is 0.173. The second-order valence-electron chi connectivity index (χ2n) is 6.34. The van der Waals surface area contributed by atoms with Crippen molar-refractivity contribution in [1.29, 1.82) is 0 Å². The predicted octanol–water partition coefficient (Wildman–Crippen LogP) is 4.09. The highest BCUT2D eigenvalue weighted by atomic mass is 16.5. The number of rotatable bonds is 4. The molecule has 0 spiro atoms. The van der Waals surface area contributed by atoms with Gasteiger partial charge in [-0.25, -0.2) is 0 Å². The van der Waals surface area contributed by atoms with Gasteiger partial charge in [-0.05, 0) is 69.2 Å². The molecule has 2 nitrogen and oxygen atoms in total. The number of hydrogen-bond acceptors (Lipinski definition) is 2. The zero-order valence-electron chi connectivity index (χ0n) is 11.8. The molecule has 2 saturated carbocycles. The lowest BCUT2D eigenvalue weighted by Gasteiger charge is -2.20. The van der Waals surface area contributed by atoms with E-state index in [9.17, 15) is 4.79 Å². The minimum atomic E-state index is 0.173. The van der Waals surface area contributed by atoms with Gasteiger partial charge in [-0.3, -0.25) is 4.79 Å². The van der Waals surface area contributed by atoms with Crippen molar-refractivity contribution in [3.8, 4) is 5.75 Å². The first-order valence-electron chi connectivity index (χ1n) is 7.44. The van der Waals surface area contributed by atoms with Gasteiger partial charge in [0.25, 0.3) is 0 Å². The van der Waals surface area contributed by atoms with Gasteiger partial charge in [0.1, 0.15) is 5.75 Å². The molecule has 0 amide bonds. The van der Waals surface area contributed by atoms with E-state index in [0.29, 0.717) is 11.7 Å². The summed E-state index contributed by atoms with van der Waals surface area (Å²) in [5, 5.41) is 0. The van der Waals surface area contributed by atoms with Crippen molar-refractivity contribution in [2.75, 3.05) is 0 Å². The van der Waals surface area contributed by atoms with Gasteiger partial charge in [-0.1, -0.05) is 6.42 Å². The maximum Gasteiger partial charge on any atom is 0.166 e. The molecule has 0 saturated heterocycles. The molecule has 2 aliphatic rings. The van der Waals surface area contributed by atoms with Crippen molar-refractivity contribution in [2.24, 2.45) is 17.8 Å². The van der Waals surface area contributed by atoms with Crippen molar-refractivity contribution in [2.45, 2.75) is 45.6 Å². The number of carbonyl (C=O) groups is 1. The molecule has 0 aliphatic heterocycles. The molecule has 2 aliphatic carbocycles. The number of hydrogen-bond donors (Lipinski definition) is 0. The Balaban J connectivity index is 1.70. The minimum Gasteiger partial charge on any atom is -0.491 e. The molecule has 3 unspecified atom stereocenters. The quantitative estimate of drug-likeness (QED) is 0.760. The highest BCUT2D eigenvalue weighted by Gasteiger charge is 2.43. The normalized spacial score (nSPS) is 28.9. The maximum absolute atomic E-state index is 12.5. The Labute approximate surface area is 115 Å². The third-order valence-electron chi connectivity index (χ3n) is 4.59. The number of ketones is 1. The van der Waals surface area contributed by atoms with E-state index in [1.54, 1.807) is 0 Å². The highest BCUT2D eigenvalue weighted by molar-refractivity contribution is 5.98. The van der Waals surface area contributed by atoms with Crippen molar-refractivity contribution < 1.29 is 9.53 Å². The van der Waals surface area contributed by atoms with Crippen LogP contribution >= 0.6 is 0 Å². The fourth-order valence-electron chi connectivity index (χ4n) is 3.75. The third-order valence-corrected chi connectivity index (χ3v) is 4.59. The molecule has 3 atom stereocenters. The zero-order valence-corrected chi connectivity index (χ0v) is 11.8. The molecule has 1 aromatic rings. The van der Waals surface area contributed by atoms with Crippen LogP contribution in [-0.2, 0) is 0 Å². The van der Waals surface area contributed by atoms with Crippen LogP contribution in [0.15, 0.2) is 24.3 Å². The Bertz CT molecular complexity index is 461. The molecule has 2 bridgehead atoms. The number of Topliss-reactive ketones (excluding diaryl/α,β-unsaturated/α-hetero) is 1. The summed E-state index contributed by atoms with van der Waals surface area (Å²) in [6.45, 7) is 4.02. The van der Waals surface area contributed by atoms with E-state index in [-0.39, 0.29) is 12.0 Å². The van der Waals surface area contributed by atoms with E-state index in [2.05, 4.69) is 0 Å². The first kappa shape index (κ1) is 12.7. The third kappa shape index (κ3) is 2.54. The number of ether oxygens (including phenoxy) is 1. The Morgan fingerprint density at radius 1 is 1.16 bits per heavy atom. The molecule has 0 N–H and O–H groups in total. The van der Waals surface area contributed by atoms with E-state index < -0.39 is 0 Å². The van der Waals surface area contributed by atoms with Gasteiger partial charge in [-0.2, -0.15) is 0 Å². The lowest BCUT2D eigenvalue weighted by Crippen LogP contribution is -2.21. The number of carbonyl (C=O) groups excluding carboxylic acids is 1. The monoisotopic (exact) mass is 258 g/mol. The summed E-state index contributed by atoms with van der Waals surface area (Å²) in [4.78, 5) is 12.5. The topological polar surface area (TPSA) is 26.3 Å². The van der Waals surface area contributed by atoms with Crippen LogP contribution in [0.25, 0.3) is 0 Å². The SMILES string of the molecule is CC(C)Oc1ccc(C(=O)C2CC3CCC2C3)cc1. The van der Waals surface area contributed by atoms with Crippen LogP contribution in [0.4, 0.5) is 0 Å².